The second kappa shape index (κ2) is 7.39. The van der Waals surface area contributed by atoms with Crippen molar-refractivity contribution in [1.82, 2.24) is 10.2 Å². The fourth-order valence-electron chi connectivity index (χ4n) is 3.18. The number of urea groups is 1. The number of rotatable bonds is 6. The molecule has 0 aromatic heterocycles. The number of amides is 3. The summed E-state index contributed by atoms with van der Waals surface area (Å²) >= 11 is 0. The highest BCUT2D eigenvalue weighted by atomic mass is 16.5. The number of carbonyl (C=O) groups is 3. The van der Waals surface area contributed by atoms with Gasteiger partial charge >= 0.3 is 12.0 Å². The number of nitrogens with one attached hydrogen (secondary N) is 1. The molecule has 0 spiro atoms. The SMILES string of the molecule is COC(=O)CCN1C(=O)NC(Cc2ccccc2)(c2ccccc2)C1=O. The minimum atomic E-state index is -1.18. The number of esters is 1. The summed E-state index contributed by atoms with van der Waals surface area (Å²) in [4.78, 5) is 38.2. The summed E-state index contributed by atoms with van der Waals surface area (Å²) in [6, 6.07) is 18.2. The van der Waals surface area contributed by atoms with E-state index in [1.807, 2.05) is 60.7 Å². The van der Waals surface area contributed by atoms with Gasteiger partial charge in [0.15, 0.2) is 5.54 Å². The standard InChI is InChI=1S/C20H20N2O4/c1-26-17(23)12-13-22-18(24)20(21-19(22)25,16-10-6-3-7-11-16)14-15-8-4-2-5-9-15/h2-11H,12-14H2,1H3,(H,21,25). The summed E-state index contributed by atoms with van der Waals surface area (Å²) in [6.45, 7) is -0.0132. The van der Waals surface area contributed by atoms with Crippen LogP contribution in [0.5, 0.6) is 0 Å². The molecular weight excluding hydrogens is 332 g/mol. The van der Waals surface area contributed by atoms with E-state index < -0.39 is 17.5 Å². The van der Waals surface area contributed by atoms with Crippen molar-refractivity contribution in [2.45, 2.75) is 18.4 Å². The molecule has 0 radical (unpaired) electrons. The highest BCUT2D eigenvalue weighted by Crippen LogP contribution is 2.33. The van der Waals surface area contributed by atoms with Gasteiger partial charge in [-0.15, -0.1) is 0 Å². The predicted octanol–water partition coefficient (Wildman–Crippen LogP) is 2.24. The lowest BCUT2D eigenvalue weighted by molar-refractivity contribution is -0.141. The topological polar surface area (TPSA) is 75.7 Å². The lowest BCUT2D eigenvalue weighted by atomic mass is 9.83. The van der Waals surface area contributed by atoms with Gasteiger partial charge in [-0.2, -0.15) is 0 Å². The number of imide groups is 1. The van der Waals surface area contributed by atoms with Crippen molar-refractivity contribution in [1.29, 1.82) is 0 Å². The average molecular weight is 352 g/mol. The van der Waals surface area contributed by atoms with Gasteiger partial charge in [0, 0.05) is 13.0 Å². The van der Waals surface area contributed by atoms with E-state index in [4.69, 9.17) is 0 Å². The maximum absolute atomic E-state index is 13.2. The van der Waals surface area contributed by atoms with Gasteiger partial charge in [-0.3, -0.25) is 14.5 Å². The van der Waals surface area contributed by atoms with Crippen LogP contribution in [0.1, 0.15) is 17.5 Å². The quantitative estimate of drug-likeness (QED) is 0.639. The molecule has 1 heterocycles. The van der Waals surface area contributed by atoms with E-state index in [1.165, 1.54) is 7.11 Å². The molecule has 1 atom stereocenters. The Hall–Kier alpha value is -3.15. The van der Waals surface area contributed by atoms with Crippen LogP contribution in [0.15, 0.2) is 60.7 Å². The molecule has 3 rings (SSSR count). The molecule has 3 amide bonds. The van der Waals surface area contributed by atoms with Crippen LogP contribution in [0, 0.1) is 0 Å². The summed E-state index contributed by atoms with van der Waals surface area (Å²) in [5, 5.41) is 2.86. The van der Waals surface area contributed by atoms with Gasteiger partial charge in [0.25, 0.3) is 5.91 Å². The molecule has 26 heavy (non-hydrogen) atoms. The maximum Gasteiger partial charge on any atom is 0.325 e. The van der Waals surface area contributed by atoms with Crippen LogP contribution in [0.2, 0.25) is 0 Å². The van der Waals surface area contributed by atoms with Crippen molar-refractivity contribution in [2.24, 2.45) is 0 Å². The Bertz CT molecular complexity index is 807. The molecule has 0 aliphatic carbocycles. The van der Waals surface area contributed by atoms with E-state index in [2.05, 4.69) is 10.1 Å². The molecule has 1 aliphatic heterocycles. The minimum absolute atomic E-state index is 0.0132. The first-order valence-electron chi connectivity index (χ1n) is 8.37. The van der Waals surface area contributed by atoms with Gasteiger partial charge in [0.2, 0.25) is 0 Å². The molecule has 134 valence electrons. The first-order chi connectivity index (χ1) is 12.6. The lowest BCUT2D eigenvalue weighted by Gasteiger charge is -2.27. The summed E-state index contributed by atoms with van der Waals surface area (Å²) in [5.74, 6) is -0.827. The van der Waals surface area contributed by atoms with Crippen LogP contribution in [-0.4, -0.2) is 36.5 Å². The van der Waals surface area contributed by atoms with Gasteiger partial charge < -0.3 is 10.1 Å². The molecule has 0 saturated carbocycles. The van der Waals surface area contributed by atoms with Crippen LogP contribution in [0.25, 0.3) is 0 Å². The van der Waals surface area contributed by atoms with Crippen molar-refractivity contribution in [2.75, 3.05) is 13.7 Å². The van der Waals surface area contributed by atoms with Crippen LogP contribution in [-0.2, 0) is 26.3 Å². The van der Waals surface area contributed by atoms with Crippen LogP contribution >= 0.6 is 0 Å². The van der Waals surface area contributed by atoms with Gasteiger partial charge in [0.05, 0.1) is 13.5 Å². The van der Waals surface area contributed by atoms with Gasteiger partial charge in [-0.25, -0.2) is 4.79 Å². The first kappa shape index (κ1) is 17.7. The van der Waals surface area contributed by atoms with Crippen molar-refractivity contribution in [3.05, 3.63) is 71.8 Å². The zero-order valence-electron chi connectivity index (χ0n) is 14.5. The second-order valence-electron chi connectivity index (χ2n) is 6.15. The highest BCUT2D eigenvalue weighted by Gasteiger charge is 2.52. The molecule has 1 unspecified atom stereocenters. The maximum atomic E-state index is 13.2. The van der Waals surface area contributed by atoms with Crippen molar-refractivity contribution in [3.8, 4) is 0 Å². The van der Waals surface area contributed by atoms with Crippen molar-refractivity contribution < 1.29 is 19.1 Å². The fraction of sp³-hybridized carbons (Fsp3) is 0.250. The van der Waals surface area contributed by atoms with E-state index in [9.17, 15) is 14.4 Å². The van der Waals surface area contributed by atoms with Gasteiger partial charge in [-0.05, 0) is 11.1 Å². The highest BCUT2D eigenvalue weighted by molar-refractivity contribution is 6.07. The molecule has 1 aliphatic rings. The number of carbonyl (C=O) groups excluding carboxylic acids is 3. The Morgan fingerprint density at radius 3 is 2.27 bits per heavy atom. The Kier molecular flexibility index (Phi) is 5.02. The van der Waals surface area contributed by atoms with Crippen molar-refractivity contribution in [3.63, 3.8) is 0 Å². The lowest BCUT2D eigenvalue weighted by Crippen LogP contribution is -2.46. The van der Waals surface area contributed by atoms with E-state index in [0.29, 0.717) is 12.0 Å². The molecular formula is C20H20N2O4. The molecule has 2 aromatic carbocycles. The number of hydrogen-bond donors (Lipinski definition) is 1. The van der Waals surface area contributed by atoms with E-state index >= 15 is 0 Å². The number of hydrogen-bond acceptors (Lipinski definition) is 4. The Labute approximate surface area is 151 Å². The van der Waals surface area contributed by atoms with E-state index in [0.717, 1.165) is 10.5 Å². The molecule has 1 saturated heterocycles. The zero-order valence-corrected chi connectivity index (χ0v) is 14.5. The summed E-state index contributed by atoms with van der Waals surface area (Å²) in [7, 11) is 1.28. The summed E-state index contributed by atoms with van der Waals surface area (Å²) in [6.07, 6.45) is 0.295. The molecule has 0 bridgehead atoms. The van der Waals surface area contributed by atoms with Gasteiger partial charge in [-0.1, -0.05) is 60.7 Å². The first-order valence-corrected chi connectivity index (χ1v) is 8.37. The van der Waals surface area contributed by atoms with E-state index in [1.54, 1.807) is 0 Å². The number of ether oxygens (including phenoxy) is 1. The minimum Gasteiger partial charge on any atom is -0.469 e. The van der Waals surface area contributed by atoms with E-state index in [-0.39, 0.29) is 18.9 Å². The predicted molar refractivity (Wildman–Crippen MR) is 95.1 cm³/mol. The molecule has 1 fully saturated rings. The molecule has 6 heteroatoms. The van der Waals surface area contributed by atoms with Crippen LogP contribution in [0.4, 0.5) is 4.79 Å². The second-order valence-corrected chi connectivity index (χ2v) is 6.15. The summed E-state index contributed by atoms with van der Waals surface area (Å²) < 4.78 is 4.60. The third kappa shape index (κ3) is 3.31. The number of nitrogens with zero attached hydrogens (tertiary/aromatic N) is 1. The molecule has 2 aromatic rings. The Morgan fingerprint density at radius 1 is 1.04 bits per heavy atom. The number of methoxy groups -OCH3 is 1. The Balaban J connectivity index is 1.95. The zero-order chi connectivity index (χ0) is 18.6. The molecule has 1 N–H and O–H groups in total. The van der Waals surface area contributed by atoms with Crippen molar-refractivity contribution >= 4 is 17.9 Å². The van der Waals surface area contributed by atoms with Gasteiger partial charge in [0.1, 0.15) is 0 Å². The van der Waals surface area contributed by atoms with Crippen LogP contribution in [0.3, 0.4) is 0 Å². The largest absolute Gasteiger partial charge is 0.469 e. The number of benzene rings is 2. The molecule has 6 nitrogen and oxygen atoms in total. The smallest absolute Gasteiger partial charge is 0.325 e. The third-order valence-corrected chi connectivity index (χ3v) is 4.52. The third-order valence-electron chi connectivity index (χ3n) is 4.52. The Morgan fingerprint density at radius 2 is 1.65 bits per heavy atom. The average Bonchev–Trinajstić information content (AvgIpc) is 2.92. The normalized spacial score (nSPS) is 19.3. The monoisotopic (exact) mass is 352 g/mol. The summed E-state index contributed by atoms with van der Waals surface area (Å²) in [5.41, 5.74) is 0.457. The fourth-order valence-corrected chi connectivity index (χ4v) is 3.18. The van der Waals surface area contributed by atoms with Crippen LogP contribution < -0.4 is 5.32 Å².